The Balaban J connectivity index is 2.69. The van der Waals surface area contributed by atoms with Gasteiger partial charge in [-0.3, -0.25) is 9.78 Å². The molecular weight excluding hydrogens is 303 g/mol. The SMILES string of the molecule is CCc1nc2c(c(OC(=S)N(C)C)c1C)C(=O)C(F)C(C)=C2. The largest absolute Gasteiger partial charge is 0.431 e. The number of halogens is 1. The number of thiocarbonyl (C=S) groups is 1. The van der Waals surface area contributed by atoms with Crippen molar-refractivity contribution < 1.29 is 13.9 Å². The summed E-state index contributed by atoms with van der Waals surface area (Å²) >= 11 is 5.16. The smallest absolute Gasteiger partial charge is 0.264 e. The van der Waals surface area contributed by atoms with E-state index < -0.39 is 12.0 Å². The minimum absolute atomic E-state index is 0.178. The van der Waals surface area contributed by atoms with Crippen LogP contribution in [0.3, 0.4) is 0 Å². The van der Waals surface area contributed by atoms with Crippen molar-refractivity contribution in [2.24, 2.45) is 0 Å². The number of pyridine rings is 1. The highest BCUT2D eigenvalue weighted by Crippen LogP contribution is 2.35. The maximum absolute atomic E-state index is 14.1. The van der Waals surface area contributed by atoms with E-state index in [-0.39, 0.29) is 10.7 Å². The minimum Gasteiger partial charge on any atom is -0.431 e. The molecule has 1 aliphatic carbocycles. The van der Waals surface area contributed by atoms with Crippen molar-refractivity contribution in [3.8, 4) is 5.75 Å². The van der Waals surface area contributed by atoms with Gasteiger partial charge in [0, 0.05) is 25.4 Å². The number of nitrogens with zero attached hydrogens (tertiary/aromatic N) is 2. The van der Waals surface area contributed by atoms with Gasteiger partial charge in [0.2, 0.25) is 5.78 Å². The second-order valence-corrected chi connectivity index (χ2v) is 5.85. The average Bonchev–Trinajstić information content (AvgIpc) is 2.47. The number of fused-ring (bicyclic) bond motifs is 1. The number of alkyl halides is 1. The fourth-order valence-corrected chi connectivity index (χ4v) is 2.42. The van der Waals surface area contributed by atoms with E-state index in [4.69, 9.17) is 17.0 Å². The summed E-state index contributed by atoms with van der Waals surface area (Å²) in [6.45, 7) is 5.37. The number of carbonyl (C=O) groups is 1. The lowest BCUT2D eigenvalue weighted by Crippen LogP contribution is -2.29. The molecule has 0 amide bonds. The van der Waals surface area contributed by atoms with Gasteiger partial charge in [-0.05, 0) is 44.1 Å². The molecule has 0 fully saturated rings. The lowest BCUT2D eigenvalue weighted by Gasteiger charge is -2.23. The summed E-state index contributed by atoms with van der Waals surface area (Å²) in [4.78, 5) is 18.5. The van der Waals surface area contributed by atoms with E-state index >= 15 is 0 Å². The van der Waals surface area contributed by atoms with Crippen LogP contribution in [0.2, 0.25) is 0 Å². The summed E-state index contributed by atoms with van der Waals surface area (Å²) in [5.41, 5.74) is 2.52. The first kappa shape index (κ1) is 16.5. The fourth-order valence-electron chi connectivity index (χ4n) is 2.34. The molecule has 0 saturated carbocycles. The highest BCUT2D eigenvalue weighted by atomic mass is 32.1. The van der Waals surface area contributed by atoms with Gasteiger partial charge in [-0.15, -0.1) is 0 Å². The monoisotopic (exact) mass is 322 g/mol. The van der Waals surface area contributed by atoms with Gasteiger partial charge in [-0.25, -0.2) is 4.39 Å². The van der Waals surface area contributed by atoms with Crippen LogP contribution in [0.25, 0.3) is 6.08 Å². The number of carbonyl (C=O) groups excluding carboxylic acids is 1. The Kier molecular flexibility index (Phi) is 4.60. The molecule has 0 radical (unpaired) electrons. The molecule has 2 rings (SSSR count). The first-order valence-electron chi connectivity index (χ1n) is 7.07. The summed E-state index contributed by atoms with van der Waals surface area (Å²) in [5.74, 6) is -0.304. The van der Waals surface area contributed by atoms with Crippen LogP contribution in [0.4, 0.5) is 4.39 Å². The van der Waals surface area contributed by atoms with Crippen molar-refractivity contribution >= 4 is 29.3 Å². The van der Waals surface area contributed by atoms with Crippen LogP contribution in [0.1, 0.15) is 41.2 Å². The number of hydrogen-bond donors (Lipinski definition) is 0. The van der Waals surface area contributed by atoms with Crippen molar-refractivity contribution in [3.63, 3.8) is 0 Å². The van der Waals surface area contributed by atoms with E-state index in [1.54, 1.807) is 32.0 Å². The maximum Gasteiger partial charge on any atom is 0.264 e. The number of ether oxygens (including phenoxy) is 1. The summed E-state index contributed by atoms with van der Waals surface area (Å²) in [7, 11) is 3.49. The van der Waals surface area contributed by atoms with E-state index in [9.17, 15) is 9.18 Å². The Bertz CT molecular complexity index is 683. The number of ketones is 1. The van der Waals surface area contributed by atoms with Crippen LogP contribution < -0.4 is 4.74 Å². The van der Waals surface area contributed by atoms with Crippen molar-refractivity contribution in [1.82, 2.24) is 9.88 Å². The van der Waals surface area contributed by atoms with Gasteiger partial charge in [0.1, 0.15) is 5.75 Å². The fraction of sp³-hybridized carbons (Fsp3) is 0.438. The summed E-state index contributed by atoms with van der Waals surface area (Å²) in [6.07, 6.45) is 0.632. The third-order valence-electron chi connectivity index (χ3n) is 3.64. The Labute approximate surface area is 135 Å². The highest BCUT2D eigenvalue weighted by molar-refractivity contribution is 7.80. The average molecular weight is 322 g/mol. The van der Waals surface area contributed by atoms with E-state index in [1.165, 1.54) is 0 Å². The number of aryl methyl sites for hydroxylation is 1. The van der Waals surface area contributed by atoms with Crippen LogP contribution in [0.15, 0.2) is 5.57 Å². The minimum atomic E-state index is -1.66. The van der Waals surface area contributed by atoms with Crippen LogP contribution in [0, 0.1) is 6.92 Å². The molecule has 0 aromatic carbocycles. The number of aromatic nitrogens is 1. The van der Waals surface area contributed by atoms with Crippen LogP contribution >= 0.6 is 12.2 Å². The Morgan fingerprint density at radius 2 is 2.09 bits per heavy atom. The zero-order valence-electron chi connectivity index (χ0n) is 13.4. The third-order valence-corrected chi connectivity index (χ3v) is 4.09. The number of allylic oxidation sites excluding steroid dienone is 1. The first-order valence-corrected chi connectivity index (χ1v) is 7.47. The van der Waals surface area contributed by atoms with Crippen molar-refractivity contribution in [2.45, 2.75) is 33.4 Å². The molecule has 22 heavy (non-hydrogen) atoms. The quantitative estimate of drug-likeness (QED) is 0.783. The number of rotatable bonds is 2. The Hall–Kier alpha value is -1.82. The van der Waals surface area contributed by atoms with Crippen LogP contribution in [-0.4, -0.2) is 41.1 Å². The number of Topliss-reactive ketones (excluding diaryl/α,β-unsaturated/α-hetero) is 1. The molecular formula is C16H19FN2O2S. The summed E-state index contributed by atoms with van der Waals surface area (Å²) in [6, 6.07) is 0. The number of hydrogen-bond acceptors (Lipinski definition) is 4. The zero-order valence-corrected chi connectivity index (χ0v) is 14.2. The second-order valence-electron chi connectivity index (χ2n) is 5.50. The molecule has 1 aromatic rings. The van der Waals surface area contributed by atoms with Gasteiger partial charge >= 0.3 is 0 Å². The van der Waals surface area contributed by atoms with Gasteiger partial charge < -0.3 is 9.64 Å². The summed E-state index contributed by atoms with van der Waals surface area (Å²) < 4.78 is 19.8. The normalized spacial score (nSPS) is 16.9. The topological polar surface area (TPSA) is 42.4 Å². The lowest BCUT2D eigenvalue weighted by molar-refractivity contribution is 0.0900. The van der Waals surface area contributed by atoms with E-state index in [0.29, 0.717) is 23.4 Å². The molecule has 0 spiro atoms. The second kappa shape index (κ2) is 6.12. The molecule has 1 atom stereocenters. The van der Waals surface area contributed by atoms with Crippen LogP contribution in [0.5, 0.6) is 5.75 Å². The van der Waals surface area contributed by atoms with E-state index in [1.807, 2.05) is 13.8 Å². The van der Waals surface area contributed by atoms with E-state index in [2.05, 4.69) is 4.98 Å². The Morgan fingerprint density at radius 3 is 2.64 bits per heavy atom. The molecule has 1 unspecified atom stereocenters. The third kappa shape index (κ3) is 2.75. The lowest BCUT2D eigenvalue weighted by atomic mass is 9.91. The van der Waals surface area contributed by atoms with Crippen LogP contribution in [-0.2, 0) is 6.42 Å². The highest BCUT2D eigenvalue weighted by Gasteiger charge is 2.33. The van der Waals surface area contributed by atoms with Gasteiger partial charge in [-0.1, -0.05) is 6.92 Å². The summed E-state index contributed by atoms with van der Waals surface area (Å²) in [5, 5.41) is 0.216. The molecule has 0 bridgehead atoms. The first-order chi connectivity index (χ1) is 10.3. The Morgan fingerprint density at radius 1 is 1.45 bits per heavy atom. The standard InChI is InChI=1S/C16H19FN2O2S/c1-6-10-9(3)15(21-16(22)19(4)5)12-11(18-10)7-8(2)13(17)14(12)20/h7,13H,6H2,1-5H3. The van der Waals surface area contributed by atoms with E-state index in [0.717, 1.165) is 11.3 Å². The molecule has 0 aliphatic heterocycles. The molecule has 1 heterocycles. The predicted molar refractivity (Wildman–Crippen MR) is 88.1 cm³/mol. The molecule has 4 nitrogen and oxygen atoms in total. The van der Waals surface area contributed by atoms with Gasteiger partial charge in [0.05, 0.1) is 11.3 Å². The van der Waals surface area contributed by atoms with Crippen molar-refractivity contribution in [1.29, 1.82) is 0 Å². The maximum atomic E-state index is 14.1. The predicted octanol–water partition coefficient (Wildman–Crippen LogP) is 3.12. The molecule has 1 aromatic heterocycles. The van der Waals surface area contributed by atoms with Gasteiger partial charge in [0.25, 0.3) is 5.17 Å². The van der Waals surface area contributed by atoms with Crippen molar-refractivity contribution in [2.75, 3.05) is 14.1 Å². The molecule has 118 valence electrons. The van der Waals surface area contributed by atoms with Gasteiger partial charge in [-0.2, -0.15) is 0 Å². The molecule has 6 heteroatoms. The molecule has 0 saturated heterocycles. The van der Waals surface area contributed by atoms with Gasteiger partial charge in [0.15, 0.2) is 6.17 Å². The molecule has 1 aliphatic rings. The molecule has 0 N–H and O–H groups in total. The zero-order chi connectivity index (χ0) is 16.6. The van der Waals surface area contributed by atoms with Crippen molar-refractivity contribution in [3.05, 3.63) is 28.1 Å².